The highest BCUT2D eigenvalue weighted by Crippen LogP contribution is 2.33. The Hall–Kier alpha value is -1.96. The van der Waals surface area contributed by atoms with Crippen LogP contribution in [-0.4, -0.2) is 43.8 Å². The molecular formula is C22H27ClF2N4O. The average Bonchev–Trinajstić information content (AvgIpc) is 2.80. The molecule has 2 saturated heterocycles. The minimum atomic E-state index is -0.441. The van der Waals surface area contributed by atoms with Crippen LogP contribution >= 0.6 is 11.8 Å². The van der Waals surface area contributed by atoms with Crippen LogP contribution in [0.15, 0.2) is 36.5 Å². The Morgan fingerprint density at radius 1 is 1.17 bits per heavy atom. The van der Waals surface area contributed by atoms with Crippen molar-refractivity contribution in [2.45, 2.75) is 31.2 Å². The summed E-state index contributed by atoms with van der Waals surface area (Å²) < 4.78 is 33.8. The van der Waals surface area contributed by atoms with Gasteiger partial charge in [-0.05, 0) is 85.9 Å². The lowest BCUT2D eigenvalue weighted by molar-refractivity contribution is 0.214. The number of benzene rings is 1. The standard InChI is InChI=1S/C22H27ClF2N4O/c23-28-21-13-29(10-7-18(21)19-11-16(24)1-3-20(19)25)22-4-2-17(12-27-22)30-14-15-5-8-26-9-6-15/h1-4,11-12,15,18,21,26,28H,5-10,13-14H2/t18-,21+/m1/s1. The molecule has 30 heavy (non-hydrogen) atoms. The molecule has 0 unspecified atom stereocenters. The van der Waals surface area contributed by atoms with Crippen LogP contribution in [0.1, 0.15) is 30.7 Å². The lowest BCUT2D eigenvalue weighted by Gasteiger charge is -2.38. The van der Waals surface area contributed by atoms with E-state index in [2.05, 4.69) is 20.0 Å². The molecule has 2 aliphatic rings. The number of hydrogen-bond acceptors (Lipinski definition) is 5. The van der Waals surface area contributed by atoms with E-state index < -0.39 is 11.6 Å². The van der Waals surface area contributed by atoms with Crippen LogP contribution in [0.4, 0.5) is 14.6 Å². The largest absolute Gasteiger partial charge is 0.492 e. The normalized spacial score (nSPS) is 22.8. The number of halogens is 3. The summed E-state index contributed by atoms with van der Waals surface area (Å²) in [5.74, 6) is 1.12. The third-order valence-corrected chi connectivity index (χ3v) is 6.38. The maximum atomic E-state index is 14.3. The van der Waals surface area contributed by atoms with E-state index in [1.165, 1.54) is 12.1 Å². The van der Waals surface area contributed by atoms with Gasteiger partial charge in [-0.1, -0.05) is 0 Å². The van der Waals surface area contributed by atoms with Crippen molar-refractivity contribution >= 4 is 17.6 Å². The molecule has 1 aromatic carbocycles. The number of rotatable bonds is 6. The van der Waals surface area contributed by atoms with Crippen LogP contribution in [0.25, 0.3) is 0 Å². The predicted molar refractivity (Wildman–Crippen MR) is 114 cm³/mol. The van der Waals surface area contributed by atoms with Crippen LogP contribution in [0.2, 0.25) is 0 Å². The van der Waals surface area contributed by atoms with Crippen molar-refractivity contribution < 1.29 is 13.5 Å². The number of ether oxygens (including phenoxy) is 1. The summed E-state index contributed by atoms with van der Waals surface area (Å²) in [6.07, 6.45) is 4.66. The van der Waals surface area contributed by atoms with Gasteiger partial charge in [0.1, 0.15) is 23.2 Å². The number of hydrogen-bond donors (Lipinski definition) is 2. The number of piperidine rings is 2. The quantitative estimate of drug-likeness (QED) is 0.674. The number of pyridine rings is 1. The summed E-state index contributed by atoms with van der Waals surface area (Å²) in [5.41, 5.74) is 0.363. The molecule has 0 amide bonds. The minimum absolute atomic E-state index is 0.206. The fourth-order valence-corrected chi connectivity index (χ4v) is 4.57. The molecule has 8 heteroatoms. The first kappa shape index (κ1) is 21.3. The summed E-state index contributed by atoms with van der Waals surface area (Å²) in [5, 5.41) is 3.36. The Bertz CT molecular complexity index is 832. The molecule has 2 atom stereocenters. The molecule has 0 radical (unpaired) electrons. The van der Waals surface area contributed by atoms with E-state index in [-0.39, 0.29) is 12.0 Å². The van der Waals surface area contributed by atoms with Crippen molar-refractivity contribution in [1.29, 1.82) is 0 Å². The summed E-state index contributed by atoms with van der Waals surface area (Å²) in [4.78, 5) is 9.40. The maximum absolute atomic E-state index is 14.3. The fourth-order valence-electron chi connectivity index (χ4n) is 4.35. The molecule has 2 fully saturated rings. The summed E-state index contributed by atoms with van der Waals surface area (Å²) in [7, 11) is 0. The Balaban J connectivity index is 1.37. The lowest BCUT2D eigenvalue weighted by Crippen LogP contribution is -2.48. The number of nitrogens with zero attached hydrogens (tertiary/aromatic N) is 2. The minimum Gasteiger partial charge on any atom is -0.492 e. The van der Waals surface area contributed by atoms with E-state index in [0.29, 0.717) is 37.6 Å². The molecular weight excluding hydrogens is 410 g/mol. The zero-order chi connectivity index (χ0) is 20.9. The first-order chi connectivity index (χ1) is 14.6. The molecule has 0 spiro atoms. The van der Waals surface area contributed by atoms with Gasteiger partial charge in [-0.25, -0.2) is 18.6 Å². The van der Waals surface area contributed by atoms with Gasteiger partial charge in [-0.2, -0.15) is 0 Å². The first-order valence-electron chi connectivity index (χ1n) is 10.5. The van der Waals surface area contributed by atoms with Crippen LogP contribution in [0, 0.1) is 17.6 Å². The molecule has 2 N–H and O–H groups in total. The molecule has 0 bridgehead atoms. The van der Waals surface area contributed by atoms with Gasteiger partial charge in [-0.15, -0.1) is 0 Å². The molecule has 2 aliphatic heterocycles. The number of nitrogens with one attached hydrogen (secondary N) is 2. The van der Waals surface area contributed by atoms with E-state index in [1.807, 2.05) is 12.1 Å². The second-order valence-electron chi connectivity index (χ2n) is 8.08. The van der Waals surface area contributed by atoms with Gasteiger partial charge in [0.05, 0.1) is 12.8 Å². The van der Waals surface area contributed by atoms with Gasteiger partial charge in [0.2, 0.25) is 0 Å². The Morgan fingerprint density at radius 3 is 2.73 bits per heavy atom. The van der Waals surface area contributed by atoms with Crippen molar-refractivity contribution in [3.8, 4) is 5.75 Å². The molecule has 0 aliphatic carbocycles. The SMILES string of the molecule is Fc1ccc(F)c([C@H]2CCN(c3ccc(OCC4CCNCC4)cn3)C[C@@H]2NCl)c1. The van der Waals surface area contributed by atoms with Crippen molar-refractivity contribution in [1.82, 2.24) is 15.1 Å². The van der Waals surface area contributed by atoms with Crippen LogP contribution in [0.5, 0.6) is 5.75 Å². The smallest absolute Gasteiger partial charge is 0.137 e. The molecule has 2 aromatic rings. The third kappa shape index (κ3) is 5.02. The molecule has 3 heterocycles. The average molecular weight is 437 g/mol. The zero-order valence-corrected chi connectivity index (χ0v) is 17.5. The summed E-state index contributed by atoms with van der Waals surface area (Å²) in [6, 6.07) is 7.22. The van der Waals surface area contributed by atoms with Gasteiger partial charge >= 0.3 is 0 Å². The van der Waals surface area contributed by atoms with Gasteiger partial charge in [-0.3, -0.25) is 0 Å². The monoisotopic (exact) mass is 436 g/mol. The van der Waals surface area contributed by atoms with Crippen molar-refractivity contribution in [3.63, 3.8) is 0 Å². The van der Waals surface area contributed by atoms with Crippen LogP contribution < -0.4 is 19.8 Å². The first-order valence-corrected chi connectivity index (χ1v) is 10.9. The van der Waals surface area contributed by atoms with Gasteiger partial charge < -0.3 is 15.0 Å². The van der Waals surface area contributed by atoms with E-state index in [4.69, 9.17) is 16.5 Å². The maximum Gasteiger partial charge on any atom is 0.137 e. The van der Waals surface area contributed by atoms with E-state index >= 15 is 0 Å². The molecule has 5 nitrogen and oxygen atoms in total. The molecule has 4 rings (SSSR count). The molecule has 162 valence electrons. The Morgan fingerprint density at radius 2 is 2.00 bits per heavy atom. The zero-order valence-electron chi connectivity index (χ0n) is 16.8. The number of aromatic nitrogens is 1. The van der Waals surface area contributed by atoms with Crippen LogP contribution in [-0.2, 0) is 0 Å². The molecule has 0 saturated carbocycles. The predicted octanol–water partition coefficient (Wildman–Crippen LogP) is 3.84. The van der Waals surface area contributed by atoms with Crippen molar-refractivity contribution in [3.05, 3.63) is 53.7 Å². The Kier molecular flexibility index (Phi) is 7.02. The summed E-state index contributed by atoms with van der Waals surface area (Å²) >= 11 is 5.97. The molecule has 1 aromatic heterocycles. The van der Waals surface area contributed by atoms with E-state index in [9.17, 15) is 8.78 Å². The van der Waals surface area contributed by atoms with E-state index in [0.717, 1.165) is 43.6 Å². The summed E-state index contributed by atoms with van der Waals surface area (Å²) in [6.45, 7) is 4.04. The number of anilines is 1. The van der Waals surface area contributed by atoms with Gasteiger partial charge in [0.15, 0.2) is 0 Å². The van der Waals surface area contributed by atoms with Gasteiger partial charge in [0, 0.05) is 25.0 Å². The second kappa shape index (κ2) is 9.90. The lowest BCUT2D eigenvalue weighted by atomic mass is 9.85. The van der Waals surface area contributed by atoms with Crippen molar-refractivity contribution in [2.24, 2.45) is 5.92 Å². The third-order valence-electron chi connectivity index (χ3n) is 6.10. The fraction of sp³-hybridized carbons (Fsp3) is 0.500. The topological polar surface area (TPSA) is 49.4 Å². The van der Waals surface area contributed by atoms with Gasteiger partial charge in [0.25, 0.3) is 0 Å². The highest BCUT2D eigenvalue weighted by Gasteiger charge is 2.32. The highest BCUT2D eigenvalue weighted by atomic mass is 35.5. The Labute approximate surface area is 180 Å². The van der Waals surface area contributed by atoms with Crippen LogP contribution in [0.3, 0.4) is 0 Å². The van der Waals surface area contributed by atoms with Crippen molar-refractivity contribution in [2.75, 3.05) is 37.7 Å². The second-order valence-corrected chi connectivity index (χ2v) is 8.30. The highest BCUT2D eigenvalue weighted by molar-refractivity contribution is 6.13. The van der Waals surface area contributed by atoms with E-state index in [1.54, 1.807) is 6.20 Å².